The predicted molar refractivity (Wildman–Crippen MR) is 138 cm³/mol. The van der Waals surface area contributed by atoms with Crippen LogP contribution in [0.25, 0.3) is 22.8 Å². The van der Waals surface area contributed by atoms with Crippen LogP contribution in [0.1, 0.15) is 53.4 Å². The molecule has 4 aromatic rings. The number of carboxylic acid groups (broad SMARTS) is 1. The number of rotatable bonds is 8. The van der Waals surface area contributed by atoms with E-state index in [1.54, 1.807) is 30.3 Å². The van der Waals surface area contributed by atoms with Gasteiger partial charge in [-0.25, -0.2) is 9.78 Å². The van der Waals surface area contributed by atoms with Crippen molar-refractivity contribution >= 4 is 35.1 Å². The van der Waals surface area contributed by atoms with Gasteiger partial charge in [-0.1, -0.05) is 40.5 Å². The van der Waals surface area contributed by atoms with E-state index in [1.165, 1.54) is 6.07 Å². The van der Waals surface area contributed by atoms with E-state index in [-0.39, 0.29) is 17.7 Å². The Kier molecular flexibility index (Phi) is 6.77. The Labute approximate surface area is 227 Å². The molecule has 1 aromatic carbocycles. The minimum atomic E-state index is -1.12. The first-order chi connectivity index (χ1) is 18.5. The fourth-order valence-electron chi connectivity index (χ4n) is 4.59. The lowest BCUT2D eigenvalue weighted by molar-refractivity contribution is 0.0244. The number of hydrogen-bond acceptors (Lipinski definition) is 9. The van der Waals surface area contributed by atoms with Crippen LogP contribution in [0.5, 0.6) is 0 Å². The van der Waals surface area contributed by atoms with Gasteiger partial charge < -0.3 is 23.8 Å². The molecule has 6 rings (SSSR count). The minimum Gasteiger partial charge on any atom is -0.477 e. The molecule has 1 aliphatic heterocycles. The minimum absolute atomic E-state index is 0.0306. The highest BCUT2D eigenvalue weighted by atomic mass is 35.5. The highest BCUT2D eigenvalue weighted by molar-refractivity contribution is 6.39. The standard InChI is InChI=1S/C26H23Cl2N5O5/c27-17-3-1-4-18(28)21(17)22-16(23(37-31-22)14-7-8-14)13-36-15-9-11-33(12-10-15)26-30-24(38-32-26)19-5-2-6-20(29-19)25(34)35/h1-6,14-15H,7-13H2,(H,34,35). The third-order valence-electron chi connectivity index (χ3n) is 6.76. The molecule has 0 spiro atoms. The molecule has 0 amide bonds. The zero-order chi connectivity index (χ0) is 26.2. The summed E-state index contributed by atoms with van der Waals surface area (Å²) in [6.07, 6.45) is 3.70. The van der Waals surface area contributed by atoms with Gasteiger partial charge >= 0.3 is 5.97 Å². The first-order valence-corrected chi connectivity index (χ1v) is 13.1. The van der Waals surface area contributed by atoms with Gasteiger partial charge in [0.15, 0.2) is 0 Å². The first-order valence-electron chi connectivity index (χ1n) is 12.3. The maximum Gasteiger partial charge on any atom is 0.354 e. The molecule has 196 valence electrons. The van der Waals surface area contributed by atoms with Crippen LogP contribution in [0.3, 0.4) is 0 Å². The van der Waals surface area contributed by atoms with Crippen LogP contribution >= 0.6 is 23.2 Å². The van der Waals surface area contributed by atoms with Crippen molar-refractivity contribution in [3.8, 4) is 22.8 Å². The van der Waals surface area contributed by atoms with Crippen LogP contribution < -0.4 is 4.90 Å². The highest BCUT2D eigenvalue weighted by Crippen LogP contribution is 2.46. The third-order valence-corrected chi connectivity index (χ3v) is 7.39. The van der Waals surface area contributed by atoms with E-state index in [0.29, 0.717) is 58.6 Å². The van der Waals surface area contributed by atoms with Crippen molar-refractivity contribution in [1.82, 2.24) is 20.3 Å². The lowest BCUT2D eigenvalue weighted by Crippen LogP contribution is -2.37. The van der Waals surface area contributed by atoms with Crippen LogP contribution in [0.2, 0.25) is 10.0 Å². The van der Waals surface area contributed by atoms with Crippen LogP contribution in [0.15, 0.2) is 45.4 Å². The Balaban J connectivity index is 1.11. The van der Waals surface area contributed by atoms with E-state index >= 15 is 0 Å². The predicted octanol–water partition coefficient (Wildman–Crippen LogP) is 5.85. The summed E-state index contributed by atoms with van der Waals surface area (Å²) >= 11 is 12.9. The van der Waals surface area contributed by atoms with Crippen LogP contribution in [-0.2, 0) is 11.3 Å². The average Bonchev–Trinajstić information content (AvgIpc) is 3.49. The number of ether oxygens (including phenoxy) is 1. The molecule has 0 atom stereocenters. The van der Waals surface area contributed by atoms with Gasteiger partial charge in [0, 0.05) is 30.1 Å². The van der Waals surface area contributed by atoms with Crippen molar-refractivity contribution in [3.63, 3.8) is 0 Å². The summed E-state index contributed by atoms with van der Waals surface area (Å²) in [5.74, 6) is 0.703. The number of pyridine rings is 1. The van der Waals surface area contributed by atoms with Crippen molar-refractivity contribution in [1.29, 1.82) is 0 Å². The number of aromatic nitrogens is 4. The van der Waals surface area contributed by atoms with Crippen molar-refractivity contribution in [2.75, 3.05) is 18.0 Å². The molecule has 0 unspecified atom stereocenters. The van der Waals surface area contributed by atoms with E-state index < -0.39 is 5.97 Å². The number of carboxylic acids is 1. The number of halogens is 2. The number of aromatic carboxylic acids is 1. The fourth-order valence-corrected chi connectivity index (χ4v) is 5.17. The molecule has 3 aromatic heterocycles. The van der Waals surface area contributed by atoms with Gasteiger partial charge in [0.2, 0.25) is 0 Å². The summed E-state index contributed by atoms with van der Waals surface area (Å²) in [7, 11) is 0. The van der Waals surface area contributed by atoms with Gasteiger partial charge in [-0.3, -0.25) is 0 Å². The van der Waals surface area contributed by atoms with Crippen LogP contribution in [0.4, 0.5) is 5.95 Å². The molecule has 1 saturated carbocycles. The highest BCUT2D eigenvalue weighted by Gasteiger charge is 2.34. The maximum atomic E-state index is 11.2. The van der Waals surface area contributed by atoms with Gasteiger partial charge in [0.25, 0.3) is 11.8 Å². The molecular weight excluding hydrogens is 533 g/mol. The molecule has 1 saturated heterocycles. The molecule has 12 heteroatoms. The zero-order valence-corrected chi connectivity index (χ0v) is 21.7. The summed E-state index contributed by atoms with van der Waals surface area (Å²) < 4.78 is 17.4. The summed E-state index contributed by atoms with van der Waals surface area (Å²) in [4.78, 5) is 21.7. The Morgan fingerprint density at radius 1 is 1.00 bits per heavy atom. The number of anilines is 1. The maximum absolute atomic E-state index is 11.2. The number of carbonyl (C=O) groups is 1. The van der Waals surface area contributed by atoms with Crippen molar-refractivity contribution in [2.45, 2.75) is 44.3 Å². The fraction of sp³-hybridized carbons (Fsp3) is 0.346. The molecule has 10 nitrogen and oxygen atoms in total. The average molecular weight is 556 g/mol. The molecule has 0 radical (unpaired) electrons. The molecule has 1 N–H and O–H groups in total. The molecule has 0 bridgehead atoms. The number of hydrogen-bond donors (Lipinski definition) is 1. The second-order valence-corrected chi connectivity index (χ2v) is 10.2. The normalized spacial score (nSPS) is 16.2. The number of nitrogens with zero attached hydrogens (tertiary/aromatic N) is 5. The monoisotopic (exact) mass is 555 g/mol. The van der Waals surface area contributed by atoms with Gasteiger partial charge in [-0.15, -0.1) is 0 Å². The second-order valence-electron chi connectivity index (χ2n) is 9.36. The largest absolute Gasteiger partial charge is 0.477 e. The van der Waals surface area contributed by atoms with Gasteiger partial charge in [-0.05, 0) is 55.1 Å². The molecule has 1 aliphatic carbocycles. The van der Waals surface area contributed by atoms with Gasteiger partial charge in [0.1, 0.15) is 22.8 Å². The summed E-state index contributed by atoms with van der Waals surface area (Å²) in [6.45, 7) is 1.71. The molecule has 2 aliphatic rings. The number of piperidine rings is 1. The summed E-state index contributed by atoms with van der Waals surface area (Å²) in [5, 5.41) is 18.6. The van der Waals surface area contributed by atoms with E-state index in [4.69, 9.17) is 42.1 Å². The SMILES string of the molecule is O=C(O)c1cccc(-c2nc(N3CCC(OCc4c(-c5c(Cl)cccc5Cl)noc4C4CC4)CC3)no2)n1. The van der Waals surface area contributed by atoms with Crippen molar-refractivity contribution in [2.24, 2.45) is 0 Å². The summed E-state index contributed by atoms with van der Waals surface area (Å²) in [6, 6.07) is 10.0. The van der Waals surface area contributed by atoms with Crippen LogP contribution in [-0.4, -0.2) is 50.6 Å². The van der Waals surface area contributed by atoms with E-state index in [2.05, 4.69) is 20.3 Å². The number of benzene rings is 1. The zero-order valence-electron chi connectivity index (χ0n) is 20.1. The second kappa shape index (κ2) is 10.4. The topological polar surface area (TPSA) is 128 Å². The van der Waals surface area contributed by atoms with E-state index in [1.807, 2.05) is 4.90 Å². The Morgan fingerprint density at radius 3 is 2.45 bits per heavy atom. The first kappa shape index (κ1) is 24.8. The summed E-state index contributed by atoms with van der Waals surface area (Å²) in [5.41, 5.74) is 2.44. The molecule has 2 fully saturated rings. The Bertz CT molecular complexity index is 1460. The van der Waals surface area contributed by atoms with Gasteiger partial charge in [0.05, 0.1) is 22.8 Å². The van der Waals surface area contributed by atoms with Crippen molar-refractivity contribution < 1.29 is 23.7 Å². The Morgan fingerprint density at radius 2 is 1.74 bits per heavy atom. The smallest absolute Gasteiger partial charge is 0.354 e. The van der Waals surface area contributed by atoms with Crippen molar-refractivity contribution in [3.05, 3.63) is 63.5 Å². The Hall–Kier alpha value is -3.47. The molecular formula is C26H23Cl2N5O5. The lowest BCUT2D eigenvalue weighted by atomic mass is 10.0. The lowest BCUT2D eigenvalue weighted by Gasteiger charge is -2.30. The third kappa shape index (κ3) is 4.99. The quantitative estimate of drug-likeness (QED) is 0.282. The van der Waals surface area contributed by atoms with Gasteiger partial charge in [-0.2, -0.15) is 4.98 Å². The molecule has 38 heavy (non-hydrogen) atoms. The van der Waals surface area contributed by atoms with Crippen LogP contribution in [0, 0.1) is 0 Å². The van der Waals surface area contributed by atoms with E-state index in [9.17, 15) is 4.79 Å². The van der Waals surface area contributed by atoms with E-state index in [0.717, 1.165) is 37.0 Å². The molecule has 4 heterocycles.